The zero-order valence-electron chi connectivity index (χ0n) is 10.9. The van der Waals surface area contributed by atoms with Crippen molar-refractivity contribution < 1.29 is 19.4 Å². The summed E-state index contributed by atoms with van der Waals surface area (Å²) in [6, 6.07) is 6.30. The van der Waals surface area contributed by atoms with Crippen LogP contribution >= 0.6 is 0 Å². The van der Waals surface area contributed by atoms with Crippen molar-refractivity contribution in [3.63, 3.8) is 0 Å². The molecular weight excluding hydrogens is 258 g/mol. The van der Waals surface area contributed by atoms with Gasteiger partial charge in [-0.2, -0.15) is 5.26 Å². The Morgan fingerprint density at radius 1 is 1.45 bits per heavy atom. The highest BCUT2D eigenvalue weighted by Crippen LogP contribution is 2.29. The van der Waals surface area contributed by atoms with Crippen LogP contribution in [0.2, 0.25) is 0 Å². The van der Waals surface area contributed by atoms with Gasteiger partial charge in [-0.1, -0.05) is 12.0 Å². The number of carboxylic acids is 1. The average molecular weight is 270 g/mol. The van der Waals surface area contributed by atoms with Crippen LogP contribution in [-0.4, -0.2) is 19.2 Å². The van der Waals surface area contributed by atoms with Crippen LogP contribution in [0.5, 0.6) is 11.5 Å². The zero-order valence-corrected chi connectivity index (χ0v) is 10.9. The molecule has 0 aliphatic heterocycles. The highest BCUT2D eigenvalue weighted by atomic mass is 16.5. The Bertz CT molecular complexity index is 605. The van der Waals surface area contributed by atoms with Gasteiger partial charge in [0.25, 0.3) is 0 Å². The number of benzene rings is 1. The molecule has 102 valence electrons. The van der Waals surface area contributed by atoms with Gasteiger partial charge in [0.15, 0.2) is 11.5 Å². The number of aliphatic carboxylic acids is 1. The van der Waals surface area contributed by atoms with Gasteiger partial charge >= 0.3 is 0 Å². The largest absolute Gasteiger partial charge is 0.544 e. The number of hydrogen-bond acceptors (Lipinski definition) is 5. The summed E-state index contributed by atoms with van der Waals surface area (Å²) in [5, 5.41) is 19.4. The minimum Gasteiger partial charge on any atom is -0.544 e. The van der Waals surface area contributed by atoms with Crippen molar-refractivity contribution in [3.05, 3.63) is 29.3 Å². The molecule has 5 heteroatoms. The van der Waals surface area contributed by atoms with Crippen LogP contribution in [0.1, 0.15) is 12.5 Å². The Morgan fingerprint density at radius 3 is 2.75 bits per heavy atom. The van der Waals surface area contributed by atoms with E-state index in [1.54, 1.807) is 31.2 Å². The molecule has 0 aromatic heterocycles. The Labute approximate surface area is 117 Å². The quantitative estimate of drug-likeness (QED) is 0.433. The molecule has 0 spiro atoms. The third kappa shape index (κ3) is 4.08. The Kier molecular flexibility index (Phi) is 5.68. The maximum Gasteiger partial charge on any atom is 0.162 e. The van der Waals surface area contributed by atoms with Gasteiger partial charge in [-0.15, -0.1) is 6.42 Å². The molecule has 20 heavy (non-hydrogen) atoms. The first kappa shape index (κ1) is 15.1. The van der Waals surface area contributed by atoms with Gasteiger partial charge in [0.05, 0.1) is 18.1 Å². The molecule has 1 rings (SSSR count). The summed E-state index contributed by atoms with van der Waals surface area (Å²) in [5.74, 6) is 1.68. The molecule has 0 saturated heterocycles. The minimum absolute atomic E-state index is 0.0950. The number of ether oxygens (including phenoxy) is 2. The first-order chi connectivity index (χ1) is 9.62. The SMILES string of the molecule is C#CCOc1ccc(/C=C(\C#N)C(=O)[O-])cc1OCC. The maximum atomic E-state index is 10.7. The molecule has 0 heterocycles. The van der Waals surface area contributed by atoms with Gasteiger partial charge in [-0.3, -0.25) is 0 Å². The lowest BCUT2D eigenvalue weighted by Crippen LogP contribution is -2.23. The molecule has 0 aliphatic rings. The molecule has 1 aromatic carbocycles. The summed E-state index contributed by atoms with van der Waals surface area (Å²) in [7, 11) is 0. The Balaban J connectivity index is 3.13. The number of rotatable bonds is 6. The zero-order chi connectivity index (χ0) is 15.0. The number of nitrogens with zero attached hydrogens (tertiary/aromatic N) is 1. The van der Waals surface area contributed by atoms with Crippen molar-refractivity contribution in [3.8, 4) is 29.9 Å². The lowest BCUT2D eigenvalue weighted by molar-refractivity contribution is -0.298. The van der Waals surface area contributed by atoms with E-state index < -0.39 is 11.5 Å². The second-order valence-electron chi connectivity index (χ2n) is 3.59. The molecule has 1 aromatic rings. The van der Waals surface area contributed by atoms with Crippen molar-refractivity contribution >= 4 is 12.0 Å². The number of carboxylic acid groups (broad SMARTS) is 1. The predicted octanol–water partition coefficient (Wildman–Crippen LogP) is 0.754. The summed E-state index contributed by atoms with van der Waals surface area (Å²) >= 11 is 0. The number of nitriles is 1. The molecule has 0 saturated carbocycles. The van der Waals surface area contributed by atoms with Crippen molar-refractivity contribution in [1.82, 2.24) is 0 Å². The number of hydrogen-bond donors (Lipinski definition) is 0. The third-order valence-corrected chi connectivity index (χ3v) is 2.23. The molecule has 5 nitrogen and oxygen atoms in total. The van der Waals surface area contributed by atoms with Crippen LogP contribution in [0.15, 0.2) is 23.8 Å². The van der Waals surface area contributed by atoms with Crippen LogP contribution in [0, 0.1) is 23.7 Å². The fourth-order valence-corrected chi connectivity index (χ4v) is 1.42. The summed E-state index contributed by atoms with van der Waals surface area (Å²) in [6.07, 6.45) is 6.31. The summed E-state index contributed by atoms with van der Waals surface area (Å²) in [6.45, 7) is 2.30. The lowest BCUT2D eigenvalue weighted by atomic mass is 10.1. The minimum atomic E-state index is -1.53. The fraction of sp³-hybridized carbons (Fsp3) is 0.200. The monoisotopic (exact) mass is 270 g/mol. The molecule has 0 amide bonds. The van der Waals surface area contributed by atoms with Gasteiger partial charge in [0, 0.05) is 0 Å². The van der Waals surface area contributed by atoms with E-state index in [2.05, 4.69) is 5.92 Å². The summed E-state index contributed by atoms with van der Waals surface area (Å²) < 4.78 is 10.7. The van der Waals surface area contributed by atoms with Crippen molar-refractivity contribution in [2.24, 2.45) is 0 Å². The highest BCUT2D eigenvalue weighted by Gasteiger charge is 2.06. The normalized spacial score (nSPS) is 10.2. The molecular formula is C15H12NO4-. The molecule has 0 fully saturated rings. The van der Waals surface area contributed by atoms with E-state index in [4.69, 9.17) is 21.2 Å². The first-order valence-corrected chi connectivity index (χ1v) is 5.78. The summed E-state index contributed by atoms with van der Waals surface area (Å²) in [4.78, 5) is 10.7. The second-order valence-corrected chi connectivity index (χ2v) is 3.59. The summed E-state index contributed by atoms with van der Waals surface area (Å²) in [5.41, 5.74) is 0.0204. The highest BCUT2D eigenvalue weighted by molar-refractivity contribution is 5.95. The van der Waals surface area contributed by atoms with Gasteiger partial charge < -0.3 is 19.4 Å². The lowest BCUT2D eigenvalue weighted by Gasteiger charge is -2.11. The number of carbonyl (C=O) groups excluding carboxylic acids is 1. The fourth-order valence-electron chi connectivity index (χ4n) is 1.42. The van der Waals surface area contributed by atoms with Crippen molar-refractivity contribution in [1.29, 1.82) is 5.26 Å². The van der Waals surface area contributed by atoms with Gasteiger partial charge in [0.2, 0.25) is 0 Å². The van der Waals surface area contributed by atoms with Crippen molar-refractivity contribution in [2.45, 2.75) is 6.92 Å². The number of terminal acetylenes is 1. The third-order valence-electron chi connectivity index (χ3n) is 2.23. The van der Waals surface area contributed by atoms with Gasteiger partial charge in [-0.05, 0) is 30.7 Å². The first-order valence-electron chi connectivity index (χ1n) is 5.78. The van der Waals surface area contributed by atoms with Crippen LogP contribution in [0.3, 0.4) is 0 Å². The van der Waals surface area contributed by atoms with E-state index in [0.29, 0.717) is 23.7 Å². The standard InChI is InChI=1S/C15H13NO4/c1-3-7-20-13-6-5-11(9-14(13)19-4-2)8-12(10-16)15(17)18/h1,5-6,8-9H,4,7H2,2H3,(H,17,18)/p-1/b12-8+. The van der Waals surface area contributed by atoms with Crippen LogP contribution in [0.25, 0.3) is 6.08 Å². The molecule has 0 bridgehead atoms. The van der Waals surface area contributed by atoms with Crippen LogP contribution in [0.4, 0.5) is 0 Å². The topological polar surface area (TPSA) is 82.4 Å². The van der Waals surface area contributed by atoms with E-state index in [1.807, 2.05) is 0 Å². The van der Waals surface area contributed by atoms with E-state index >= 15 is 0 Å². The molecule has 0 atom stereocenters. The van der Waals surface area contributed by atoms with Crippen LogP contribution < -0.4 is 14.6 Å². The average Bonchev–Trinajstić information content (AvgIpc) is 2.43. The maximum absolute atomic E-state index is 10.7. The van der Waals surface area contributed by atoms with E-state index in [-0.39, 0.29) is 6.61 Å². The van der Waals surface area contributed by atoms with Crippen LogP contribution in [-0.2, 0) is 4.79 Å². The molecule has 0 unspecified atom stereocenters. The van der Waals surface area contributed by atoms with Gasteiger partial charge in [0.1, 0.15) is 12.7 Å². The van der Waals surface area contributed by atoms with Gasteiger partial charge in [-0.25, -0.2) is 0 Å². The molecule has 0 N–H and O–H groups in total. The van der Waals surface area contributed by atoms with E-state index in [9.17, 15) is 9.90 Å². The van der Waals surface area contributed by atoms with E-state index in [0.717, 1.165) is 0 Å². The Hall–Kier alpha value is -2.92. The second kappa shape index (κ2) is 7.50. The number of carbonyl (C=O) groups is 1. The predicted molar refractivity (Wildman–Crippen MR) is 70.5 cm³/mol. The smallest absolute Gasteiger partial charge is 0.162 e. The molecule has 0 radical (unpaired) electrons. The van der Waals surface area contributed by atoms with Crippen molar-refractivity contribution in [2.75, 3.05) is 13.2 Å². The Morgan fingerprint density at radius 2 is 2.20 bits per heavy atom. The van der Waals surface area contributed by atoms with E-state index in [1.165, 1.54) is 6.08 Å². The molecule has 0 aliphatic carbocycles.